The topological polar surface area (TPSA) is 222 Å². The number of ketones is 1. The standard InChI is InChI=1S/C29H36Br12N4O12/c1-21(2,42-14(47)26(30,31)32)13(46)9-57-25(10-54-18(51)22(3,4)43-15(48)27(33,34)35,11-55-19(52)23(5,6)44-16(49)28(36,37)38)12-56-20(53)24(7,8)45-17(50)29(39,40)41/h9-12H2,1-8H3,(H,42,47)(H,43,48)(H,44,49)(H,45,50). The highest BCUT2D eigenvalue weighted by atomic mass is 80.0. The molecule has 0 radical (unpaired) electrons. The third-order valence-corrected chi connectivity index (χ3v) is 11.2. The Labute approximate surface area is 429 Å². The summed E-state index contributed by atoms with van der Waals surface area (Å²) in [7, 11) is 0. The quantitative estimate of drug-likeness (QED) is 0.0666. The van der Waals surface area contributed by atoms with Crippen molar-refractivity contribution >= 4 is 238 Å². The van der Waals surface area contributed by atoms with E-state index in [4.69, 9.17) is 18.9 Å². The van der Waals surface area contributed by atoms with Gasteiger partial charge in [-0.15, -0.1) is 0 Å². The Kier molecular flexibility index (Phi) is 22.7. The van der Waals surface area contributed by atoms with Gasteiger partial charge < -0.3 is 40.2 Å². The van der Waals surface area contributed by atoms with E-state index in [1.807, 2.05) is 0 Å². The molecule has 0 saturated carbocycles. The van der Waals surface area contributed by atoms with Gasteiger partial charge in [-0.1, -0.05) is 0 Å². The van der Waals surface area contributed by atoms with Crippen molar-refractivity contribution in [3.63, 3.8) is 0 Å². The van der Waals surface area contributed by atoms with E-state index in [1.165, 1.54) is 55.4 Å². The molecule has 0 saturated heterocycles. The van der Waals surface area contributed by atoms with Crippen LogP contribution in [0.25, 0.3) is 0 Å². The summed E-state index contributed by atoms with van der Waals surface area (Å²) in [6.45, 7) is 7.02. The van der Waals surface area contributed by atoms with Crippen molar-refractivity contribution in [1.29, 1.82) is 0 Å². The first-order valence-electron chi connectivity index (χ1n) is 15.3. The van der Waals surface area contributed by atoms with E-state index < -0.39 is 110 Å². The largest absolute Gasteiger partial charge is 0.461 e. The maximum absolute atomic E-state index is 13.6. The fourth-order valence-corrected chi connectivity index (χ4v) is 4.61. The van der Waals surface area contributed by atoms with Crippen LogP contribution < -0.4 is 21.3 Å². The average Bonchev–Trinajstić information content (AvgIpc) is 3.00. The van der Waals surface area contributed by atoms with E-state index in [1.54, 1.807) is 0 Å². The van der Waals surface area contributed by atoms with Gasteiger partial charge >= 0.3 is 17.9 Å². The first kappa shape index (κ1) is 58.7. The molecule has 0 fully saturated rings. The summed E-state index contributed by atoms with van der Waals surface area (Å²) in [5, 5.41) is 9.89. The van der Waals surface area contributed by atoms with Crippen LogP contribution in [0, 0.1) is 0 Å². The lowest BCUT2D eigenvalue weighted by Crippen LogP contribution is -2.59. The Hall–Kier alpha value is 1.68. The number of hydrogen-bond donors (Lipinski definition) is 4. The molecule has 0 aliphatic rings. The van der Waals surface area contributed by atoms with Gasteiger partial charge in [-0.3, -0.25) is 24.0 Å². The van der Waals surface area contributed by atoms with Gasteiger partial charge in [0.25, 0.3) is 23.6 Å². The molecule has 4 N–H and O–H groups in total. The summed E-state index contributed by atoms with van der Waals surface area (Å²) in [4.78, 5) is 105. The number of hydrogen-bond acceptors (Lipinski definition) is 12. The molecule has 0 spiro atoms. The molecule has 28 heteroatoms. The molecule has 57 heavy (non-hydrogen) atoms. The number of nitrogens with one attached hydrogen (secondary N) is 4. The third kappa shape index (κ3) is 20.4. The molecule has 0 aliphatic carbocycles. The van der Waals surface area contributed by atoms with E-state index in [0.717, 1.165) is 0 Å². The number of alkyl halides is 12. The number of amides is 4. The fraction of sp³-hybridized carbons (Fsp3) is 0.724. The van der Waals surface area contributed by atoms with Crippen LogP contribution in [0.1, 0.15) is 55.4 Å². The maximum Gasteiger partial charge on any atom is 0.331 e. The predicted octanol–water partition coefficient (Wildman–Crippen LogP) is 6.87. The minimum absolute atomic E-state index is 0.708. The summed E-state index contributed by atoms with van der Waals surface area (Å²) < 4.78 is 17.0. The lowest BCUT2D eigenvalue weighted by Gasteiger charge is -2.36. The Bertz CT molecular complexity index is 1340. The molecule has 16 nitrogen and oxygen atoms in total. The van der Waals surface area contributed by atoms with E-state index in [9.17, 15) is 38.4 Å². The number of Topliss-reactive ketones (excluding diaryl/α,β-unsaturated/α-hetero) is 1. The summed E-state index contributed by atoms with van der Waals surface area (Å²) in [6, 6.07) is 0. The van der Waals surface area contributed by atoms with E-state index >= 15 is 0 Å². The van der Waals surface area contributed by atoms with Crippen LogP contribution in [0.2, 0.25) is 0 Å². The number of esters is 3. The molecule has 4 amide bonds. The van der Waals surface area contributed by atoms with Crippen LogP contribution >= 0.6 is 191 Å². The van der Waals surface area contributed by atoms with Crippen molar-refractivity contribution in [1.82, 2.24) is 21.3 Å². The molecule has 0 aromatic heterocycles. The zero-order valence-corrected chi connectivity index (χ0v) is 49.8. The zero-order valence-electron chi connectivity index (χ0n) is 30.8. The molecule has 0 heterocycles. The van der Waals surface area contributed by atoms with Crippen molar-refractivity contribution < 1.29 is 57.3 Å². The molecular weight excluding hydrogens is 1560 g/mol. The van der Waals surface area contributed by atoms with Gasteiger partial charge in [-0.25, -0.2) is 14.4 Å². The monoisotopic (exact) mass is 1580 g/mol. The molecule has 0 rings (SSSR count). The van der Waals surface area contributed by atoms with Gasteiger partial charge in [0, 0.05) is 0 Å². The second-order valence-electron chi connectivity index (χ2n) is 13.9. The molecule has 0 bridgehead atoms. The number of rotatable bonds is 17. The summed E-state index contributed by atoms with van der Waals surface area (Å²) >= 11 is 36.8. The number of ether oxygens (including phenoxy) is 4. The highest BCUT2D eigenvalue weighted by Crippen LogP contribution is 2.37. The molecule has 0 aromatic rings. The highest BCUT2D eigenvalue weighted by Gasteiger charge is 2.47. The lowest BCUT2D eigenvalue weighted by molar-refractivity contribution is -0.194. The molecule has 328 valence electrons. The van der Waals surface area contributed by atoms with E-state index in [-0.39, 0.29) is 0 Å². The van der Waals surface area contributed by atoms with Gasteiger partial charge in [-0.05, 0) is 247 Å². The third-order valence-electron chi connectivity index (χ3n) is 6.87. The van der Waals surface area contributed by atoms with Gasteiger partial charge in [-0.2, -0.15) is 0 Å². The van der Waals surface area contributed by atoms with E-state index in [2.05, 4.69) is 212 Å². The smallest absolute Gasteiger partial charge is 0.331 e. The maximum atomic E-state index is 13.6. The molecule has 0 atom stereocenters. The first-order valence-corrected chi connectivity index (χ1v) is 24.8. The van der Waals surface area contributed by atoms with Crippen molar-refractivity contribution in [3.05, 3.63) is 0 Å². The summed E-state index contributed by atoms with van der Waals surface area (Å²) in [5.41, 5.74) is -9.03. The molecule has 0 aromatic carbocycles. The predicted molar refractivity (Wildman–Crippen MR) is 254 cm³/mol. The second-order valence-corrected chi connectivity index (χ2v) is 41.0. The van der Waals surface area contributed by atoms with Gasteiger partial charge in [0.05, 0.1) is 5.54 Å². The van der Waals surface area contributed by atoms with Crippen molar-refractivity contribution in [2.24, 2.45) is 0 Å². The van der Waals surface area contributed by atoms with Crippen molar-refractivity contribution in [3.8, 4) is 0 Å². The second kappa shape index (κ2) is 22.0. The van der Waals surface area contributed by atoms with Crippen LogP contribution in [0.5, 0.6) is 0 Å². The first-order chi connectivity index (χ1) is 25.0. The Balaban J connectivity index is 7.15. The molecule has 0 aliphatic heterocycles. The number of carbonyl (C=O) groups excluding carboxylic acids is 8. The summed E-state index contributed by atoms with van der Waals surface area (Å²) in [6.07, 6.45) is 0. The minimum atomic E-state index is -2.22. The van der Waals surface area contributed by atoms with Crippen LogP contribution in [0.15, 0.2) is 0 Å². The van der Waals surface area contributed by atoms with Crippen molar-refractivity contribution in [2.75, 3.05) is 26.4 Å². The van der Waals surface area contributed by atoms with Crippen molar-refractivity contribution in [2.45, 2.75) is 91.7 Å². The lowest BCUT2D eigenvalue weighted by atomic mass is 9.99. The van der Waals surface area contributed by atoms with Gasteiger partial charge in [0.1, 0.15) is 43.0 Å². The highest BCUT2D eigenvalue weighted by molar-refractivity contribution is 9.41. The zero-order chi connectivity index (χ0) is 45.6. The number of halogens is 12. The Morgan fingerprint density at radius 2 is 0.596 bits per heavy atom. The van der Waals surface area contributed by atoms with Crippen LogP contribution in [-0.4, -0.2) is 110 Å². The van der Waals surface area contributed by atoms with Crippen LogP contribution in [0.4, 0.5) is 0 Å². The normalized spacial score (nSPS) is 13.5. The molecular formula is C29H36Br12N4O12. The van der Waals surface area contributed by atoms with E-state index in [0.29, 0.717) is 0 Å². The van der Waals surface area contributed by atoms with Crippen LogP contribution in [0.3, 0.4) is 0 Å². The number of carbonyl (C=O) groups is 8. The SMILES string of the molecule is CC(C)(NC(=O)C(Br)(Br)Br)C(=O)COC(COC(=O)C(C)(C)NC(=O)C(Br)(Br)Br)(COC(=O)C(C)(C)NC(=O)C(Br)(Br)Br)COC(=O)C(C)(C)NC(=O)C(Br)(Br)Br. The van der Waals surface area contributed by atoms with Crippen LogP contribution in [-0.2, 0) is 57.3 Å². The molecule has 0 unspecified atom stereocenters. The van der Waals surface area contributed by atoms with Gasteiger partial charge in [0.15, 0.2) is 11.4 Å². The fourth-order valence-electron chi connectivity index (χ4n) is 3.42. The summed E-state index contributed by atoms with van der Waals surface area (Å²) in [5.74, 6) is -6.87. The average molecular weight is 1590 g/mol. The van der Waals surface area contributed by atoms with Gasteiger partial charge in [0.2, 0.25) is 8.57 Å². The Morgan fingerprint density at radius 1 is 0.386 bits per heavy atom. The minimum Gasteiger partial charge on any atom is -0.461 e. The Morgan fingerprint density at radius 3 is 0.807 bits per heavy atom.